The fraction of sp³-hybridized carbons (Fsp3) is 0.267. The van der Waals surface area contributed by atoms with E-state index in [2.05, 4.69) is 51.3 Å². The van der Waals surface area contributed by atoms with Crippen LogP contribution in [0.4, 0.5) is 0 Å². The summed E-state index contributed by atoms with van der Waals surface area (Å²) >= 11 is 5.11. The van der Waals surface area contributed by atoms with Crippen molar-refractivity contribution in [2.45, 2.75) is 25.1 Å². The van der Waals surface area contributed by atoms with Gasteiger partial charge in [0.15, 0.2) is 4.96 Å². The molecule has 0 fully saturated rings. The Hall–Kier alpha value is -1.33. The van der Waals surface area contributed by atoms with Crippen molar-refractivity contribution in [3.8, 4) is 11.6 Å². The average molecular weight is 351 g/mol. The molecule has 0 spiro atoms. The molecule has 0 radical (unpaired) electrons. The van der Waals surface area contributed by atoms with Gasteiger partial charge in [0.25, 0.3) is 0 Å². The number of ether oxygens (including phenoxy) is 1. The largest absolute Gasteiger partial charge is 0.437 e. The number of benzene rings is 1. The van der Waals surface area contributed by atoms with Gasteiger partial charge in [-0.05, 0) is 23.6 Å². The van der Waals surface area contributed by atoms with E-state index in [0.717, 1.165) is 16.4 Å². The first-order valence-corrected chi connectivity index (χ1v) is 8.47. The lowest BCUT2D eigenvalue weighted by atomic mass is 10.0. The minimum absolute atomic E-state index is 0.528. The first-order valence-electron chi connectivity index (χ1n) is 6.47. The van der Waals surface area contributed by atoms with Crippen molar-refractivity contribution in [2.75, 3.05) is 0 Å². The van der Waals surface area contributed by atoms with E-state index in [0.29, 0.717) is 17.1 Å². The predicted octanol–water partition coefficient (Wildman–Crippen LogP) is 5.21. The van der Waals surface area contributed by atoms with Crippen LogP contribution >= 0.6 is 27.3 Å². The SMILES string of the molecule is CC(C)c1ccc(Oc2nc3sccn3c2CBr)cc1. The van der Waals surface area contributed by atoms with Gasteiger partial charge in [0, 0.05) is 16.9 Å². The summed E-state index contributed by atoms with van der Waals surface area (Å²) in [5.74, 6) is 2.02. The third-order valence-electron chi connectivity index (χ3n) is 3.21. The van der Waals surface area contributed by atoms with Crippen LogP contribution in [-0.4, -0.2) is 9.38 Å². The van der Waals surface area contributed by atoms with Crippen molar-refractivity contribution in [3.05, 3.63) is 47.1 Å². The first-order chi connectivity index (χ1) is 9.69. The number of fused-ring (bicyclic) bond motifs is 1. The highest BCUT2D eigenvalue weighted by atomic mass is 79.9. The third-order valence-corrected chi connectivity index (χ3v) is 4.50. The zero-order valence-electron chi connectivity index (χ0n) is 11.3. The normalized spacial score (nSPS) is 11.4. The van der Waals surface area contributed by atoms with Crippen LogP contribution in [0, 0.1) is 0 Å². The highest BCUT2D eigenvalue weighted by Crippen LogP contribution is 2.30. The van der Waals surface area contributed by atoms with Gasteiger partial charge in [-0.25, -0.2) is 0 Å². The van der Waals surface area contributed by atoms with Gasteiger partial charge in [0.05, 0.1) is 5.69 Å². The molecule has 3 nitrogen and oxygen atoms in total. The maximum Gasteiger partial charge on any atom is 0.243 e. The second-order valence-corrected chi connectivity index (χ2v) is 6.31. The van der Waals surface area contributed by atoms with Crippen LogP contribution in [0.5, 0.6) is 11.6 Å². The minimum atomic E-state index is 0.528. The van der Waals surface area contributed by atoms with Crippen molar-refractivity contribution in [3.63, 3.8) is 0 Å². The Morgan fingerprint density at radius 1 is 1.30 bits per heavy atom. The molecule has 3 aromatic rings. The van der Waals surface area contributed by atoms with Gasteiger partial charge in [-0.3, -0.25) is 4.40 Å². The molecule has 2 heterocycles. The molecule has 0 bridgehead atoms. The Kier molecular flexibility index (Phi) is 3.81. The van der Waals surface area contributed by atoms with Crippen LogP contribution in [0.3, 0.4) is 0 Å². The smallest absolute Gasteiger partial charge is 0.243 e. The Balaban J connectivity index is 1.90. The van der Waals surface area contributed by atoms with Crippen molar-refractivity contribution >= 4 is 32.2 Å². The Morgan fingerprint density at radius 2 is 2.05 bits per heavy atom. The summed E-state index contributed by atoms with van der Waals surface area (Å²) in [5, 5.41) is 2.74. The predicted molar refractivity (Wildman–Crippen MR) is 86.3 cm³/mol. The summed E-state index contributed by atoms with van der Waals surface area (Å²) in [6.45, 7) is 4.37. The van der Waals surface area contributed by atoms with E-state index in [4.69, 9.17) is 4.74 Å². The number of hydrogen-bond acceptors (Lipinski definition) is 3. The Bertz CT molecular complexity index is 715. The molecule has 0 saturated carbocycles. The molecule has 0 aliphatic heterocycles. The lowest BCUT2D eigenvalue weighted by Gasteiger charge is -2.07. The minimum Gasteiger partial charge on any atom is -0.437 e. The van der Waals surface area contributed by atoms with Gasteiger partial charge in [-0.2, -0.15) is 4.98 Å². The van der Waals surface area contributed by atoms with E-state index in [9.17, 15) is 0 Å². The molecule has 0 amide bonds. The second-order valence-electron chi connectivity index (χ2n) is 4.88. The number of halogens is 1. The van der Waals surface area contributed by atoms with Gasteiger partial charge >= 0.3 is 0 Å². The fourth-order valence-electron chi connectivity index (χ4n) is 2.05. The zero-order valence-corrected chi connectivity index (χ0v) is 13.7. The molecular formula is C15H15BrN2OS. The van der Waals surface area contributed by atoms with Crippen molar-refractivity contribution in [2.24, 2.45) is 0 Å². The molecule has 0 N–H and O–H groups in total. The van der Waals surface area contributed by atoms with Crippen LogP contribution < -0.4 is 4.74 Å². The third kappa shape index (κ3) is 2.47. The summed E-state index contributed by atoms with van der Waals surface area (Å²) in [5.41, 5.74) is 2.35. The molecule has 3 rings (SSSR count). The monoisotopic (exact) mass is 350 g/mol. The molecule has 1 aromatic carbocycles. The van der Waals surface area contributed by atoms with Crippen molar-refractivity contribution in [1.29, 1.82) is 0 Å². The molecule has 5 heteroatoms. The highest BCUT2D eigenvalue weighted by molar-refractivity contribution is 9.08. The van der Waals surface area contributed by atoms with Crippen molar-refractivity contribution in [1.82, 2.24) is 9.38 Å². The number of thiazole rings is 1. The van der Waals surface area contributed by atoms with Crippen LogP contribution in [0.2, 0.25) is 0 Å². The number of imidazole rings is 1. The number of alkyl halides is 1. The van der Waals surface area contributed by atoms with E-state index >= 15 is 0 Å². The first kappa shape index (κ1) is 13.6. The summed E-state index contributed by atoms with van der Waals surface area (Å²) in [6.07, 6.45) is 2.01. The summed E-state index contributed by atoms with van der Waals surface area (Å²) in [7, 11) is 0. The summed E-state index contributed by atoms with van der Waals surface area (Å²) in [4.78, 5) is 5.48. The highest BCUT2D eigenvalue weighted by Gasteiger charge is 2.14. The molecular weight excluding hydrogens is 336 g/mol. The number of aromatic nitrogens is 2. The summed E-state index contributed by atoms with van der Waals surface area (Å²) < 4.78 is 7.98. The Labute approximate surface area is 130 Å². The van der Waals surface area contributed by atoms with E-state index in [1.54, 1.807) is 11.3 Å². The standard InChI is InChI=1S/C15H15BrN2OS/c1-10(2)11-3-5-12(6-4-11)19-14-13(9-16)18-7-8-20-15(18)17-14/h3-8,10H,9H2,1-2H3. The van der Waals surface area contributed by atoms with Gasteiger partial charge < -0.3 is 4.74 Å². The van der Waals surface area contributed by atoms with Gasteiger partial charge in [-0.1, -0.05) is 41.9 Å². The van der Waals surface area contributed by atoms with Crippen LogP contribution in [0.15, 0.2) is 35.8 Å². The molecule has 0 aliphatic carbocycles. The maximum atomic E-state index is 5.92. The van der Waals surface area contributed by atoms with E-state index in [-0.39, 0.29) is 0 Å². The average Bonchev–Trinajstić information content (AvgIpc) is 2.99. The van der Waals surface area contributed by atoms with Crippen LogP contribution in [-0.2, 0) is 5.33 Å². The maximum absolute atomic E-state index is 5.92. The molecule has 104 valence electrons. The topological polar surface area (TPSA) is 26.5 Å². The second kappa shape index (κ2) is 5.58. The van der Waals surface area contributed by atoms with Crippen molar-refractivity contribution < 1.29 is 4.74 Å². The molecule has 0 atom stereocenters. The zero-order chi connectivity index (χ0) is 14.1. The molecule has 0 saturated heterocycles. The van der Waals surface area contributed by atoms with E-state index < -0.39 is 0 Å². The molecule has 0 aliphatic rings. The number of hydrogen-bond donors (Lipinski definition) is 0. The lowest BCUT2D eigenvalue weighted by Crippen LogP contribution is -1.92. The van der Waals surface area contributed by atoms with E-state index in [1.807, 2.05) is 23.7 Å². The fourth-order valence-corrected chi connectivity index (χ4v) is 3.28. The Morgan fingerprint density at radius 3 is 2.70 bits per heavy atom. The van der Waals surface area contributed by atoms with E-state index in [1.165, 1.54) is 5.56 Å². The van der Waals surface area contributed by atoms with Gasteiger partial charge in [-0.15, -0.1) is 11.3 Å². The van der Waals surface area contributed by atoms with Crippen LogP contribution in [0.1, 0.15) is 31.0 Å². The molecule has 2 aromatic heterocycles. The van der Waals surface area contributed by atoms with Gasteiger partial charge in [0.2, 0.25) is 5.88 Å². The quantitative estimate of drug-likeness (QED) is 0.604. The molecule has 20 heavy (non-hydrogen) atoms. The molecule has 0 unspecified atom stereocenters. The van der Waals surface area contributed by atoms with Gasteiger partial charge in [0.1, 0.15) is 5.75 Å². The number of rotatable bonds is 4. The van der Waals surface area contributed by atoms with Crippen LogP contribution in [0.25, 0.3) is 4.96 Å². The summed E-state index contributed by atoms with van der Waals surface area (Å²) in [6, 6.07) is 8.21. The number of nitrogens with zero attached hydrogens (tertiary/aromatic N) is 2. The lowest BCUT2D eigenvalue weighted by molar-refractivity contribution is 0.461.